The lowest BCUT2D eigenvalue weighted by Gasteiger charge is -2.20. The molecule has 0 radical (unpaired) electrons. The Morgan fingerprint density at radius 2 is 0.938 bits per heavy atom. The van der Waals surface area contributed by atoms with Crippen molar-refractivity contribution in [2.45, 2.75) is 6.92 Å². The van der Waals surface area contributed by atoms with Gasteiger partial charge in [0.1, 0.15) is 5.82 Å². The van der Waals surface area contributed by atoms with Crippen LogP contribution in [0.3, 0.4) is 0 Å². The van der Waals surface area contributed by atoms with Crippen LogP contribution in [0.15, 0.2) is 164 Å². The predicted octanol–water partition coefficient (Wildman–Crippen LogP) is 12.3. The molecular formula is C46H30N2. The van der Waals surface area contributed by atoms with Gasteiger partial charge in [-0.3, -0.25) is 4.57 Å². The number of benzene rings is 8. The van der Waals surface area contributed by atoms with Crippen LogP contribution in [0.1, 0.15) is 5.82 Å². The Labute approximate surface area is 279 Å². The quantitative estimate of drug-likeness (QED) is 0.194. The minimum Gasteiger partial charge on any atom is -0.297 e. The van der Waals surface area contributed by atoms with E-state index in [4.69, 9.17) is 4.98 Å². The SMILES string of the molecule is Cc1nc2ccccc2n1-c1ccc(-c2ccc3c4c(cccc24)-c2c-3c(-c3ccccc3)c3ccccc3c2-c2ccccc2)cc1. The van der Waals surface area contributed by atoms with E-state index in [1.54, 1.807) is 0 Å². The maximum Gasteiger partial charge on any atom is 0.111 e. The van der Waals surface area contributed by atoms with Gasteiger partial charge >= 0.3 is 0 Å². The van der Waals surface area contributed by atoms with Gasteiger partial charge in [0, 0.05) is 5.69 Å². The minimum absolute atomic E-state index is 0.989. The third-order valence-electron chi connectivity index (χ3n) is 10.1. The van der Waals surface area contributed by atoms with Gasteiger partial charge < -0.3 is 0 Å². The molecule has 1 heterocycles. The van der Waals surface area contributed by atoms with Crippen LogP contribution in [0.2, 0.25) is 0 Å². The van der Waals surface area contributed by atoms with Gasteiger partial charge in [-0.25, -0.2) is 4.98 Å². The molecule has 224 valence electrons. The van der Waals surface area contributed by atoms with Gasteiger partial charge in [-0.15, -0.1) is 0 Å². The summed E-state index contributed by atoms with van der Waals surface area (Å²) >= 11 is 0. The Morgan fingerprint density at radius 1 is 0.396 bits per heavy atom. The van der Waals surface area contributed by atoms with Crippen LogP contribution < -0.4 is 0 Å². The molecule has 0 spiro atoms. The molecule has 1 aliphatic rings. The van der Waals surface area contributed by atoms with E-state index in [2.05, 4.69) is 169 Å². The zero-order valence-corrected chi connectivity index (χ0v) is 26.5. The van der Waals surface area contributed by atoms with E-state index in [1.165, 1.54) is 77.2 Å². The molecule has 2 heteroatoms. The van der Waals surface area contributed by atoms with Crippen molar-refractivity contribution in [3.05, 3.63) is 170 Å². The lowest BCUT2D eigenvalue weighted by molar-refractivity contribution is 1.00. The largest absolute Gasteiger partial charge is 0.297 e. The van der Waals surface area contributed by atoms with Crippen molar-refractivity contribution < 1.29 is 0 Å². The van der Waals surface area contributed by atoms with Gasteiger partial charge in [0.25, 0.3) is 0 Å². The van der Waals surface area contributed by atoms with Gasteiger partial charge in [-0.05, 0) is 108 Å². The van der Waals surface area contributed by atoms with E-state index in [-0.39, 0.29) is 0 Å². The molecule has 0 amide bonds. The summed E-state index contributed by atoms with van der Waals surface area (Å²) in [6.07, 6.45) is 0. The van der Waals surface area contributed by atoms with Crippen LogP contribution in [-0.4, -0.2) is 9.55 Å². The Morgan fingerprint density at radius 3 is 1.60 bits per heavy atom. The number of hydrogen-bond acceptors (Lipinski definition) is 1. The lowest BCUT2D eigenvalue weighted by Crippen LogP contribution is -1.96. The first-order chi connectivity index (χ1) is 23.8. The molecule has 8 aromatic carbocycles. The fraction of sp³-hybridized carbons (Fsp3) is 0.0217. The highest BCUT2D eigenvalue weighted by Gasteiger charge is 2.31. The number of aromatic nitrogens is 2. The summed E-state index contributed by atoms with van der Waals surface area (Å²) < 4.78 is 2.24. The zero-order chi connectivity index (χ0) is 31.8. The van der Waals surface area contributed by atoms with E-state index in [0.717, 1.165) is 22.5 Å². The Hall–Kier alpha value is -6.25. The highest BCUT2D eigenvalue weighted by molar-refractivity contribution is 6.28. The fourth-order valence-electron chi connectivity index (χ4n) is 8.12. The summed E-state index contributed by atoms with van der Waals surface area (Å²) in [5.74, 6) is 0.989. The second-order valence-corrected chi connectivity index (χ2v) is 12.7. The van der Waals surface area contributed by atoms with Gasteiger partial charge in [0.2, 0.25) is 0 Å². The maximum atomic E-state index is 4.80. The van der Waals surface area contributed by atoms with Crippen molar-refractivity contribution in [3.63, 3.8) is 0 Å². The van der Waals surface area contributed by atoms with Crippen molar-refractivity contribution >= 4 is 32.6 Å². The van der Waals surface area contributed by atoms with Crippen molar-refractivity contribution in [1.29, 1.82) is 0 Å². The van der Waals surface area contributed by atoms with Crippen molar-refractivity contribution in [3.8, 4) is 61.3 Å². The van der Waals surface area contributed by atoms with Crippen molar-refractivity contribution in [1.82, 2.24) is 9.55 Å². The van der Waals surface area contributed by atoms with E-state index in [1.807, 2.05) is 6.07 Å². The molecule has 48 heavy (non-hydrogen) atoms. The van der Waals surface area contributed by atoms with Crippen LogP contribution >= 0.6 is 0 Å². The summed E-state index contributed by atoms with van der Waals surface area (Å²) in [4.78, 5) is 4.80. The molecule has 0 aliphatic heterocycles. The van der Waals surface area contributed by atoms with Crippen LogP contribution in [-0.2, 0) is 0 Å². The van der Waals surface area contributed by atoms with Crippen LogP contribution in [0, 0.1) is 6.92 Å². The second-order valence-electron chi connectivity index (χ2n) is 12.7. The third kappa shape index (κ3) is 3.84. The van der Waals surface area contributed by atoms with Crippen LogP contribution in [0.25, 0.3) is 93.9 Å². The van der Waals surface area contributed by atoms with E-state index in [9.17, 15) is 0 Å². The number of para-hydroxylation sites is 2. The highest BCUT2D eigenvalue weighted by Crippen LogP contribution is 2.58. The van der Waals surface area contributed by atoms with Gasteiger partial charge in [0.15, 0.2) is 0 Å². The molecule has 0 saturated heterocycles. The number of rotatable bonds is 4. The summed E-state index contributed by atoms with van der Waals surface area (Å²) in [5, 5.41) is 5.17. The molecule has 0 atom stereocenters. The minimum atomic E-state index is 0.989. The van der Waals surface area contributed by atoms with Gasteiger partial charge in [0.05, 0.1) is 11.0 Å². The number of aryl methyl sites for hydroxylation is 1. The molecule has 0 saturated carbocycles. The number of imidazole rings is 1. The number of nitrogens with zero attached hydrogens (tertiary/aromatic N) is 2. The van der Waals surface area contributed by atoms with Gasteiger partial charge in [-0.1, -0.05) is 140 Å². The first-order valence-electron chi connectivity index (χ1n) is 16.6. The molecule has 0 unspecified atom stereocenters. The average Bonchev–Trinajstić information content (AvgIpc) is 3.66. The number of hydrogen-bond donors (Lipinski definition) is 0. The van der Waals surface area contributed by atoms with Crippen LogP contribution in [0.4, 0.5) is 0 Å². The zero-order valence-electron chi connectivity index (χ0n) is 26.5. The topological polar surface area (TPSA) is 17.8 Å². The molecule has 9 aromatic rings. The van der Waals surface area contributed by atoms with Gasteiger partial charge in [-0.2, -0.15) is 0 Å². The van der Waals surface area contributed by atoms with E-state index >= 15 is 0 Å². The molecule has 0 N–H and O–H groups in total. The highest BCUT2D eigenvalue weighted by atomic mass is 15.1. The molecule has 1 aromatic heterocycles. The van der Waals surface area contributed by atoms with Crippen LogP contribution in [0.5, 0.6) is 0 Å². The Kier molecular flexibility index (Phi) is 5.82. The van der Waals surface area contributed by atoms with Crippen molar-refractivity contribution in [2.75, 3.05) is 0 Å². The molecular weight excluding hydrogens is 581 g/mol. The normalized spacial score (nSPS) is 11.9. The average molecular weight is 611 g/mol. The molecule has 0 bridgehead atoms. The lowest BCUT2D eigenvalue weighted by atomic mass is 9.82. The van der Waals surface area contributed by atoms with E-state index in [0.29, 0.717) is 0 Å². The summed E-state index contributed by atoms with van der Waals surface area (Å²) in [7, 11) is 0. The molecule has 0 fully saturated rings. The summed E-state index contributed by atoms with van der Waals surface area (Å²) in [6.45, 7) is 2.08. The van der Waals surface area contributed by atoms with E-state index < -0.39 is 0 Å². The smallest absolute Gasteiger partial charge is 0.111 e. The Balaban J connectivity index is 1.23. The maximum absolute atomic E-state index is 4.80. The predicted molar refractivity (Wildman–Crippen MR) is 202 cm³/mol. The molecule has 10 rings (SSSR count). The monoisotopic (exact) mass is 610 g/mol. The molecule has 1 aliphatic carbocycles. The fourth-order valence-corrected chi connectivity index (χ4v) is 8.12. The molecule has 2 nitrogen and oxygen atoms in total. The Bertz CT molecular complexity index is 2610. The second kappa shape index (κ2) is 10.4. The first kappa shape index (κ1) is 26.9. The standard InChI is InChI=1S/C46H30N2/c1-29-47-40-21-10-11-22-41(40)48(29)33-25-23-30(24-26-33)34-27-28-39-44-35(34)19-12-20-38(44)45-42(31-13-4-2-5-14-31)36-17-8-9-18-37(36)43(46(39)45)32-15-6-3-7-16-32/h2-28H,1H3. The number of fused-ring (bicyclic) bond motifs is 5. The summed E-state index contributed by atoms with van der Waals surface area (Å²) in [5.41, 5.74) is 16.1. The third-order valence-corrected chi connectivity index (χ3v) is 10.1. The first-order valence-corrected chi connectivity index (χ1v) is 16.6. The summed E-state index contributed by atoms with van der Waals surface area (Å²) in [6, 6.07) is 59.7. The van der Waals surface area contributed by atoms with Crippen molar-refractivity contribution in [2.24, 2.45) is 0 Å².